The van der Waals surface area contributed by atoms with Crippen molar-refractivity contribution < 1.29 is 43.1 Å². The van der Waals surface area contributed by atoms with Crippen molar-refractivity contribution in [3.63, 3.8) is 0 Å². The van der Waals surface area contributed by atoms with Gasteiger partial charge >= 0.3 is 11.9 Å². The van der Waals surface area contributed by atoms with Crippen LogP contribution in [0.15, 0.2) is 146 Å². The number of nitro groups is 2. The minimum absolute atomic E-state index is 0.00555. The van der Waals surface area contributed by atoms with Crippen molar-refractivity contribution in [3.8, 4) is 34.5 Å². The van der Waals surface area contributed by atoms with Crippen LogP contribution < -0.4 is 14.2 Å². The first-order valence-electron chi connectivity index (χ1n) is 15.9. The maximum absolute atomic E-state index is 12.7. The van der Waals surface area contributed by atoms with Crippen molar-refractivity contribution >= 4 is 23.3 Å². The van der Waals surface area contributed by atoms with Crippen molar-refractivity contribution in [3.05, 3.63) is 188 Å². The van der Waals surface area contributed by atoms with E-state index in [1.807, 2.05) is 0 Å². The van der Waals surface area contributed by atoms with Crippen LogP contribution in [0.1, 0.15) is 31.8 Å². The van der Waals surface area contributed by atoms with E-state index >= 15 is 0 Å². The van der Waals surface area contributed by atoms with Gasteiger partial charge in [0.15, 0.2) is 0 Å². The standard InChI is InChI=1S/C40H28N2O11/c43-39(49-25-27-3-1-5-37(23-27)52-35-19-11-31(12-20-35)41(45)46)29-7-15-33(16-8-29)51-34-17-9-30(10-18-34)40(44)50-26-28-4-2-6-38(24-28)53-36-21-13-32(14-22-36)42(47)48/h1-24H,25-26H2. The Balaban J connectivity index is 0.957. The minimum Gasteiger partial charge on any atom is -0.457 e. The van der Waals surface area contributed by atoms with Crippen molar-refractivity contribution in [2.75, 3.05) is 0 Å². The third-order valence-corrected chi connectivity index (χ3v) is 7.52. The molecule has 53 heavy (non-hydrogen) atoms. The predicted molar refractivity (Wildman–Crippen MR) is 190 cm³/mol. The Morgan fingerprint density at radius 1 is 0.434 bits per heavy atom. The van der Waals surface area contributed by atoms with Crippen LogP contribution in [0, 0.1) is 20.2 Å². The molecule has 0 saturated carbocycles. The molecular weight excluding hydrogens is 684 g/mol. The van der Waals surface area contributed by atoms with Crippen LogP contribution >= 0.6 is 0 Å². The molecule has 0 spiro atoms. The molecule has 13 heteroatoms. The van der Waals surface area contributed by atoms with E-state index in [0.29, 0.717) is 56.8 Å². The lowest BCUT2D eigenvalue weighted by Crippen LogP contribution is -2.05. The number of carbonyl (C=O) groups excluding carboxylic acids is 2. The number of hydrogen-bond acceptors (Lipinski definition) is 11. The Morgan fingerprint density at radius 3 is 1.09 bits per heavy atom. The molecule has 6 aromatic rings. The Kier molecular flexibility index (Phi) is 11.0. The predicted octanol–water partition coefficient (Wildman–Crippen LogP) is 9.59. The zero-order valence-corrected chi connectivity index (χ0v) is 27.7. The van der Waals surface area contributed by atoms with Crippen molar-refractivity contribution in [1.29, 1.82) is 0 Å². The SMILES string of the molecule is O=C(OCc1cccc(Oc2ccc([N+](=O)[O-])cc2)c1)c1ccc(Oc2ccc(C(=O)OCc3cccc(Oc4ccc([N+](=O)[O-])cc4)c3)cc2)cc1. The van der Waals surface area contributed by atoms with Crippen LogP contribution in [0.5, 0.6) is 34.5 Å². The summed E-state index contributed by atoms with van der Waals surface area (Å²) in [5.41, 5.74) is 1.92. The van der Waals surface area contributed by atoms with E-state index in [1.165, 1.54) is 48.5 Å². The number of hydrogen-bond donors (Lipinski definition) is 0. The van der Waals surface area contributed by atoms with Crippen LogP contribution in [-0.2, 0) is 22.7 Å². The van der Waals surface area contributed by atoms with Crippen LogP contribution in [0.3, 0.4) is 0 Å². The molecule has 264 valence electrons. The normalized spacial score (nSPS) is 10.5. The molecule has 0 aromatic heterocycles. The number of benzene rings is 6. The second kappa shape index (κ2) is 16.4. The van der Waals surface area contributed by atoms with Crippen molar-refractivity contribution in [2.45, 2.75) is 13.2 Å². The number of non-ortho nitro benzene ring substituents is 2. The highest BCUT2D eigenvalue weighted by molar-refractivity contribution is 5.90. The fraction of sp³-hybridized carbons (Fsp3) is 0.0500. The number of carbonyl (C=O) groups is 2. The topological polar surface area (TPSA) is 167 Å². The van der Waals surface area contributed by atoms with Gasteiger partial charge in [-0.15, -0.1) is 0 Å². The maximum Gasteiger partial charge on any atom is 0.338 e. The lowest BCUT2D eigenvalue weighted by Gasteiger charge is -2.10. The number of rotatable bonds is 14. The van der Waals surface area contributed by atoms with E-state index in [4.69, 9.17) is 23.7 Å². The summed E-state index contributed by atoms with van der Waals surface area (Å²) in [7, 11) is 0. The summed E-state index contributed by atoms with van der Waals surface area (Å²) in [5, 5.41) is 21.7. The van der Waals surface area contributed by atoms with Gasteiger partial charge < -0.3 is 23.7 Å². The van der Waals surface area contributed by atoms with E-state index < -0.39 is 21.8 Å². The molecule has 0 saturated heterocycles. The van der Waals surface area contributed by atoms with Gasteiger partial charge in [-0.25, -0.2) is 9.59 Å². The Bertz CT molecular complexity index is 2080. The van der Waals surface area contributed by atoms with Gasteiger partial charge in [-0.1, -0.05) is 24.3 Å². The summed E-state index contributed by atoms with van der Waals surface area (Å²) in [6.07, 6.45) is 0. The van der Waals surface area contributed by atoms with Crippen LogP contribution in [-0.4, -0.2) is 21.8 Å². The third-order valence-electron chi connectivity index (χ3n) is 7.52. The fourth-order valence-corrected chi connectivity index (χ4v) is 4.86. The molecule has 6 aromatic carbocycles. The Hall–Kier alpha value is -7.54. The zero-order valence-electron chi connectivity index (χ0n) is 27.7. The van der Waals surface area contributed by atoms with Gasteiger partial charge in [0, 0.05) is 24.3 Å². The lowest BCUT2D eigenvalue weighted by molar-refractivity contribution is -0.385. The summed E-state index contributed by atoms with van der Waals surface area (Å²) >= 11 is 0. The number of nitrogens with zero attached hydrogens (tertiary/aromatic N) is 2. The monoisotopic (exact) mass is 712 g/mol. The summed E-state index contributed by atoms with van der Waals surface area (Å²) in [4.78, 5) is 46.1. The minimum atomic E-state index is -0.537. The Labute approximate surface area is 301 Å². The highest BCUT2D eigenvalue weighted by atomic mass is 16.6. The highest BCUT2D eigenvalue weighted by Gasteiger charge is 2.12. The summed E-state index contributed by atoms with van der Waals surface area (Å²) in [6.45, 7) is -0.0111. The quantitative estimate of drug-likeness (QED) is 0.0599. The van der Waals surface area contributed by atoms with Gasteiger partial charge in [-0.2, -0.15) is 0 Å². The number of esters is 2. The molecule has 0 aliphatic rings. The van der Waals surface area contributed by atoms with Crippen molar-refractivity contribution in [1.82, 2.24) is 0 Å². The molecular formula is C40H28N2O11. The summed E-state index contributed by atoms with van der Waals surface area (Å²) < 4.78 is 28.3. The van der Waals surface area contributed by atoms with Crippen LogP contribution in [0.2, 0.25) is 0 Å². The van der Waals surface area contributed by atoms with E-state index in [2.05, 4.69) is 0 Å². The van der Waals surface area contributed by atoms with E-state index in [0.717, 1.165) is 0 Å². The maximum atomic E-state index is 12.7. The number of nitro benzene ring substituents is 2. The molecule has 13 nitrogen and oxygen atoms in total. The first-order valence-corrected chi connectivity index (χ1v) is 15.9. The largest absolute Gasteiger partial charge is 0.457 e. The van der Waals surface area contributed by atoms with Gasteiger partial charge in [0.25, 0.3) is 11.4 Å². The molecule has 0 heterocycles. The molecule has 0 radical (unpaired) electrons. The van der Waals surface area contributed by atoms with Gasteiger partial charge in [-0.3, -0.25) is 20.2 Å². The Morgan fingerprint density at radius 2 is 0.755 bits per heavy atom. The molecule has 0 atom stereocenters. The van der Waals surface area contributed by atoms with E-state index in [-0.39, 0.29) is 24.6 Å². The fourth-order valence-electron chi connectivity index (χ4n) is 4.86. The molecule has 0 fully saturated rings. The third kappa shape index (κ3) is 9.80. The van der Waals surface area contributed by atoms with Crippen LogP contribution in [0.25, 0.3) is 0 Å². The average Bonchev–Trinajstić information content (AvgIpc) is 3.17. The van der Waals surface area contributed by atoms with E-state index in [1.54, 1.807) is 97.1 Å². The van der Waals surface area contributed by atoms with Gasteiger partial charge in [0.05, 0.1) is 21.0 Å². The molecule has 0 amide bonds. The second-order valence-corrected chi connectivity index (χ2v) is 11.3. The second-order valence-electron chi connectivity index (χ2n) is 11.3. The van der Waals surface area contributed by atoms with E-state index in [9.17, 15) is 29.8 Å². The van der Waals surface area contributed by atoms with Gasteiger partial charge in [0.1, 0.15) is 47.7 Å². The summed E-state index contributed by atoms with van der Waals surface area (Å²) in [6, 6.07) is 38.1. The molecule has 0 bridgehead atoms. The highest BCUT2D eigenvalue weighted by Crippen LogP contribution is 2.27. The molecule has 0 aliphatic heterocycles. The molecule has 0 N–H and O–H groups in total. The van der Waals surface area contributed by atoms with Crippen molar-refractivity contribution in [2.24, 2.45) is 0 Å². The molecule has 6 rings (SSSR count). The summed E-state index contributed by atoms with van der Waals surface area (Å²) in [5.74, 6) is 1.67. The first-order chi connectivity index (χ1) is 25.7. The zero-order chi connectivity index (χ0) is 37.2. The van der Waals surface area contributed by atoms with Gasteiger partial charge in [0.2, 0.25) is 0 Å². The smallest absolute Gasteiger partial charge is 0.338 e. The van der Waals surface area contributed by atoms with Crippen LogP contribution in [0.4, 0.5) is 11.4 Å². The average molecular weight is 713 g/mol. The number of ether oxygens (including phenoxy) is 5. The lowest BCUT2D eigenvalue weighted by atomic mass is 10.2. The van der Waals surface area contributed by atoms with Gasteiger partial charge in [-0.05, 0) is 108 Å². The molecule has 0 unspecified atom stereocenters. The molecule has 0 aliphatic carbocycles. The first kappa shape index (κ1) is 35.3.